The molecule has 0 spiro atoms. The van der Waals surface area contributed by atoms with Gasteiger partial charge in [-0.15, -0.1) is 5.10 Å². The van der Waals surface area contributed by atoms with E-state index in [9.17, 15) is 9.59 Å². The first-order valence-corrected chi connectivity index (χ1v) is 14.1. The molecule has 11 nitrogen and oxygen atoms in total. The largest absolute Gasteiger partial charge is 0.453 e. The summed E-state index contributed by atoms with van der Waals surface area (Å²) in [5.74, 6) is 0.963. The highest BCUT2D eigenvalue weighted by Crippen LogP contribution is 2.30. The van der Waals surface area contributed by atoms with Crippen LogP contribution in [0.1, 0.15) is 35.2 Å². The van der Waals surface area contributed by atoms with Gasteiger partial charge in [-0.3, -0.25) is 10.1 Å². The van der Waals surface area contributed by atoms with E-state index in [4.69, 9.17) is 28.2 Å². The molecule has 1 atom stereocenters. The number of hydrogen-bond donors (Lipinski definition) is 3. The first-order chi connectivity index (χ1) is 20.8. The molecule has 0 radical (unpaired) electrons. The van der Waals surface area contributed by atoms with Gasteiger partial charge in [0.2, 0.25) is 5.91 Å². The third-order valence-corrected chi connectivity index (χ3v) is 7.24. The Morgan fingerprint density at radius 2 is 1.81 bits per heavy atom. The Morgan fingerprint density at radius 1 is 1.05 bits per heavy atom. The summed E-state index contributed by atoms with van der Waals surface area (Å²) in [6.07, 6.45) is 0.527. The number of aryl methyl sites for hydroxylation is 2. The third-order valence-electron chi connectivity index (χ3n) is 6.73. The predicted octanol–water partition coefficient (Wildman–Crippen LogP) is 5.88. The summed E-state index contributed by atoms with van der Waals surface area (Å²) in [5, 5.41) is 18.4. The van der Waals surface area contributed by atoms with Crippen LogP contribution < -0.4 is 10.6 Å². The monoisotopic (exact) mass is 618 g/mol. The van der Waals surface area contributed by atoms with Gasteiger partial charge >= 0.3 is 6.09 Å². The lowest BCUT2D eigenvalue weighted by Gasteiger charge is -2.17. The summed E-state index contributed by atoms with van der Waals surface area (Å²) in [4.78, 5) is 32.8. The topological polar surface area (TPSA) is 140 Å². The van der Waals surface area contributed by atoms with Gasteiger partial charge in [0.15, 0.2) is 5.82 Å². The van der Waals surface area contributed by atoms with E-state index in [2.05, 4.69) is 35.9 Å². The fourth-order valence-corrected chi connectivity index (χ4v) is 5.04. The van der Waals surface area contributed by atoms with Crippen molar-refractivity contribution in [3.05, 3.63) is 106 Å². The molecule has 3 N–H and O–H groups in total. The van der Waals surface area contributed by atoms with Gasteiger partial charge in [-0.2, -0.15) is 4.68 Å². The quantitative estimate of drug-likeness (QED) is 0.177. The molecule has 5 aromatic rings. The molecular formula is C30H28Cl2N8O3. The summed E-state index contributed by atoms with van der Waals surface area (Å²) in [6, 6.07) is 21.8. The van der Waals surface area contributed by atoms with Gasteiger partial charge in [-0.05, 0) is 71.7 Å². The van der Waals surface area contributed by atoms with E-state index in [0.717, 1.165) is 22.4 Å². The minimum absolute atomic E-state index is 0.174. The van der Waals surface area contributed by atoms with Crippen molar-refractivity contribution in [2.24, 2.45) is 0 Å². The number of anilines is 1. The number of rotatable bonds is 10. The number of nitrogens with zero attached hydrogens (tertiary/aromatic N) is 5. The van der Waals surface area contributed by atoms with Crippen molar-refractivity contribution in [3.8, 4) is 16.9 Å². The second kappa shape index (κ2) is 13.5. The summed E-state index contributed by atoms with van der Waals surface area (Å²) in [7, 11) is 1.30. The lowest BCUT2D eigenvalue weighted by Crippen LogP contribution is -2.31. The fraction of sp³-hybridized carbons (Fsp3) is 0.200. The van der Waals surface area contributed by atoms with E-state index in [1.807, 2.05) is 42.5 Å². The van der Waals surface area contributed by atoms with Gasteiger partial charge in [0, 0.05) is 22.7 Å². The van der Waals surface area contributed by atoms with Crippen molar-refractivity contribution < 1.29 is 14.3 Å². The SMILES string of the molecule is COC(=O)Nc1ccc(-c2nc([C@H](Cc3ccccc3)NC(=O)CCc3cc(Cl)ccc3-n3nnnc3C)[nH]c2Cl)cc1. The molecule has 2 amide bonds. The van der Waals surface area contributed by atoms with Gasteiger partial charge in [0.25, 0.3) is 0 Å². The maximum Gasteiger partial charge on any atom is 0.411 e. The molecule has 0 unspecified atom stereocenters. The van der Waals surface area contributed by atoms with Crippen LogP contribution >= 0.6 is 23.2 Å². The van der Waals surface area contributed by atoms with Crippen LogP contribution in [0.5, 0.6) is 0 Å². The van der Waals surface area contributed by atoms with Crippen molar-refractivity contribution in [1.29, 1.82) is 0 Å². The third kappa shape index (κ3) is 7.37. The number of halogens is 2. The molecule has 0 bridgehead atoms. The fourth-order valence-electron chi connectivity index (χ4n) is 4.60. The van der Waals surface area contributed by atoms with Crippen molar-refractivity contribution in [2.75, 3.05) is 12.4 Å². The molecule has 2 heterocycles. The minimum atomic E-state index is -0.565. The maximum absolute atomic E-state index is 13.3. The van der Waals surface area contributed by atoms with Crippen molar-refractivity contribution in [3.63, 3.8) is 0 Å². The van der Waals surface area contributed by atoms with Gasteiger partial charge in [0.05, 0.1) is 18.8 Å². The van der Waals surface area contributed by atoms with Crippen LogP contribution in [0.25, 0.3) is 16.9 Å². The Morgan fingerprint density at radius 3 is 2.51 bits per heavy atom. The molecule has 3 aromatic carbocycles. The van der Waals surface area contributed by atoms with Crippen LogP contribution in [-0.4, -0.2) is 49.3 Å². The zero-order chi connectivity index (χ0) is 30.3. The van der Waals surface area contributed by atoms with E-state index in [-0.39, 0.29) is 12.3 Å². The zero-order valence-electron chi connectivity index (χ0n) is 23.3. The maximum atomic E-state index is 13.3. The number of carbonyl (C=O) groups is 2. The number of aromatic amines is 1. The number of methoxy groups -OCH3 is 1. The lowest BCUT2D eigenvalue weighted by atomic mass is 10.0. The Bertz CT molecular complexity index is 1720. The van der Waals surface area contributed by atoms with Gasteiger partial charge in [0.1, 0.15) is 16.7 Å². The summed E-state index contributed by atoms with van der Waals surface area (Å²) in [6.45, 7) is 1.80. The van der Waals surface area contributed by atoms with E-state index in [1.165, 1.54) is 7.11 Å². The van der Waals surface area contributed by atoms with E-state index >= 15 is 0 Å². The minimum Gasteiger partial charge on any atom is -0.453 e. The molecule has 220 valence electrons. The summed E-state index contributed by atoms with van der Waals surface area (Å²) < 4.78 is 6.25. The standard InChI is InChI=1S/C30H28Cl2N8O3/c1-18-37-38-39-40(18)25-14-11-22(31)17-21(25)10-15-26(41)34-24(16-19-6-4-3-5-7-19)29-35-27(28(32)36-29)20-8-12-23(13-9-20)33-30(42)43-2/h3-9,11-14,17,24H,10,15-16H2,1-2H3,(H,33,42)(H,34,41)(H,35,36)/t24-/m0/s1. The molecule has 0 fully saturated rings. The molecular weight excluding hydrogens is 591 g/mol. The molecule has 0 aliphatic carbocycles. The molecule has 0 saturated carbocycles. The number of carbonyl (C=O) groups excluding carboxylic acids is 2. The summed E-state index contributed by atoms with van der Waals surface area (Å²) in [5.41, 5.74) is 4.44. The Balaban J connectivity index is 1.35. The number of H-pyrrole nitrogens is 1. The zero-order valence-corrected chi connectivity index (χ0v) is 24.9. The Kier molecular flexibility index (Phi) is 9.33. The number of imidazole rings is 1. The number of ether oxygens (including phenoxy) is 1. The first kappa shape index (κ1) is 29.7. The molecule has 5 rings (SSSR count). The summed E-state index contributed by atoms with van der Waals surface area (Å²) >= 11 is 12.9. The molecule has 0 aliphatic rings. The highest BCUT2D eigenvalue weighted by atomic mass is 35.5. The van der Waals surface area contributed by atoms with E-state index in [1.54, 1.807) is 41.9 Å². The van der Waals surface area contributed by atoms with Crippen LogP contribution in [-0.2, 0) is 22.4 Å². The second-order valence-electron chi connectivity index (χ2n) is 9.70. The van der Waals surface area contributed by atoms with E-state index in [0.29, 0.717) is 46.0 Å². The van der Waals surface area contributed by atoms with Gasteiger partial charge in [-0.1, -0.05) is 65.7 Å². The number of nitrogens with one attached hydrogen (secondary N) is 3. The number of hydrogen-bond acceptors (Lipinski definition) is 7. The normalized spacial score (nSPS) is 11.6. The van der Waals surface area contributed by atoms with Crippen LogP contribution in [0.15, 0.2) is 72.8 Å². The highest BCUT2D eigenvalue weighted by molar-refractivity contribution is 6.32. The molecule has 43 heavy (non-hydrogen) atoms. The van der Waals surface area contributed by atoms with Crippen LogP contribution in [0.3, 0.4) is 0 Å². The first-order valence-electron chi connectivity index (χ1n) is 13.4. The average Bonchev–Trinajstić information content (AvgIpc) is 3.61. The number of tetrazole rings is 1. The van der Waals surface area contributed by atoms with Crippen molar-refractivity contribution >= 4 is 40.9 Å². The van der Waals surface area contributed by atoms with Gasteiger partial charge in [-0.25, -0.2) is 9.78 Å². The number of benzene rings is 3. The smallest absolute Gasteiger partial charge is 0.411 e. The second-order valence-corrected chi connectivity index (χ2v) is 10.5. The number of amides is 2. The Hall–Kier alpha value is -4.74. The lowest BCUT2D eigenvalue weighted by molar-refractivity contribution is -0.121. The predicted molar refractivity (Wildman–Crippen MR) is 163 cm³/mol. The van der Waals surface area contributed by atoms with E-state index < -0.39 is 12.1 Å². The van der Waals surface area contributed by atoms with Crippen LogP contribution in [0.2, 0.25) is 10.2 Å². The Labute approximate surface area is 257 Å². The van der Waals surface area contributed by atoms with Gasteiger partial charge < -0.3 is 15.0 Å². The molecule has 2 aromatic heterocycles. The van der Waals surface area contributed by atoms with Crippen LogP contribution in [0, 0.1) is 6.92 Å². The van der Waals surface area contributed by atoms with Crippen molar-refractivity contribution in [1.82, 2.24) is 35.5 Å². The average molecular weight is 620 g/mol. The van der Waals surface area contributed by atoms with Crippen LogP contribution in [0.4, 0.5) is 10.5 Å². The molecule has 0 aliphatic heterocycles. The molecule has 13 heteroatoms. The van der Waals surface area contributed by atoms with Crippen molar-refractivity contribution in [2.45, 2.75) is 32.2 Å². The molecule has 0 saturated heterocycles. The highest BCUT2D eigenvalue weighted by Gasteiger charge is 2.22. The number of aromatic nitrogens is 6.